The Hall–Kier alpha value is -2.56. The zero-order valence-corrected chi connectivity index (χ0v) is 14.5. The van der Waals surface area contributed by atoms with Gasteiger partial charge in [0.15, 0.2) is 6.10 Å². The summed E-state index contributed by atoms with van der Waals surface area (Å²) in [5.41, 5.74) is 3.43. The van der Waals surface area contributed by atoms with E-state index >= 15 is 0 Å². The predicted molar refractivity (Wildman–Crippen MR) is 91.7 cm³/mol. The first-order valence-corrected chi connectivity index (χ1v) is 8.07. The molecule has 1 aromatic heterocycles. The average Bonchev–Trinajstić information content (AvgIpc) is 2.99. The number of para-hydroxylation sites is 1. The highest BCUT2D eigenvalue weighted by atomic mass is 16.3. The molecule has 0 aliphatic heterocycles. The van der Waals surface area contributed by atoms with Crippen molar-refractivity contribution in [1.82, 2.24) is 4.57 Å². The van der Waals surface area contributed by atoms with Gasteiger partial charge in [-0.3, -0.25) is 0 Å². The standard InChI is InChI=1S/C20H21N3O/c1-13-16-17(20(4,12-22)11-19(16,2)3)18(15(24)10-21)23(13)14-8-6-5-7-9-14/h5-9,15,24H,11H2,1-4H3. The average molecular weight is 319 g/mol. The second-order valence-corrected chi connectivity index (χ2v) is 7.43. The quantitative estimate of drug-likeness (QED) is 0.856. The van der Waals surface area contributed by atoms with Crippen LogP contribution in [-0.2, 0) is 10.8 Å². The van der Waals surface area contributed by atoms with Crippen LogP contribution in [0.4, 0.5) is 0 Å². The molecule has 0 bridgehead atoms. The summed E-state index contributed by atoms with van der Waals surface area (Å²) >= 11 is 0. The van der Waals surface area contributed by atoms with E-state index in [2.05, 4.69) is 19.9 Å². The second kappa shape index (κ2) is 5.23. The summed E-state index contributed by atoms with van der Waals surface area (Å²) in [4.78, 5) is 0. The molecule has 2 aromatic rings. The SMILES string of the molecule is Cc1c2c(c(C(O)C#N)n1-c1ccccc1)C(C)(C#N)CC2(C)C. The molecule has 4 nitrogen and oxygen atoms in total. The monoisotopic (exact) mass is 319 g/mol. The van der Waals surface area contributed by atoms with Crippen molar-refractivity contribution in [2.45, 2.75) is 51.0 Å². The van der Waals surface area contributed by atoms with Gasteiger partial charge in [0.1, 0.15) is 6.07 Å². The van der Waals surface area contributed by atoms with Crippen molar-refractivity contribution in [3.05, 3.63) is 52.8 Å². The highest BCUT2D eigenvalue weighted by Crippen LogP contribution is 2.54. The van der Waals surface area contributed by atoms with E-state index in [4.69, 9.17) is 0 Å². The maximum absolute atomic E-state index is 10.5. The minimum Gasteiger partial charge on any atom is -0.373 e. The molecule has 122 valence electrons. The molecule has 3 rings (SSSR count). The maximum Gasteiger partial charge on any atom is 0.181 e. The summed E-state index contributed by atoms with van der Waals surface area (Å²) < 4.78 is 1.94. The number of aromatic nitrogens is 1. The van der Waals surface area contributed by atoms with E-state index in [0.717, 1.165) is 22.5 Å². The number of nitriles is 2. The molecule has 0 amide bonds. The lowest BCUT2D eigenvalue weighted by atomic mass is 9.80. The van der Waals surface area contributed by atoms with Crippen molar-refractivity contribution in [2.75, 3.05) is 0 Å². The smallest absolute Gasteiger partial charge is 0.181 e. The summed E-state index contributed by atoms with van der Waals surface area (Å²) in [5.74, 6) is 0. The zero-order chi connectivity index (χ0) is 17.7. The Labute approximate surface area is 142 Å². The molecule has 1 aromatic carbocycles. The van der Waals surface area contributed by atoms with Crippen LogP contribution in [-0.4, -0.2) is 9.67 Å². The molecule has 4 heteroatoms. The number of benzene rings is 1. The van der Waals surface area contributed by atoms with Crippen molar-refractivity contribution in [3.8, 4) is 17.8 Å². The topological polar surface area (TPSA) is 72.7 Å². The minimum atomic E-state index is -1.27. The van der Waals surface area contributed by atoms with E-state index < -0.39 is 11.5 Å². The Morgan fingerprint density at radius 2 is 1.75 bits per heavy atom. The molecule has 2 atom stereocenters. The largest absolute Gasteiger partial charge is 0.373 e. The first-order chi connectivity index (χ1) is 11.3. The van der Waals surface area contributed by atoms with Crippen LogP contribution in [0.15, 0.2) is 30.3 Å². The van der Waals surface area contributed by atoms with Gasteiger partial charge in [0.05, 0.1) is 17.2 Å². The van der Waals surface area contributed by atoms with Gasteiger partial charge in [0, 0.05) is 16.9 Å². The number of aliphatic hydroxyl groups is 1. The van der Waals surface area contributed by atoms with Crippen LogP contribution in [0.1, 0.15) is 55.8 Å². The van der Waals surface area contributed by atoms with Crippen molar-refractivity contribution in [2.24, 2.45) is 0 Å². The predicted octanol–water partition coefficient (Wildman–Crippen LogP) is 3.81. The summed E-state index contributed by atoms with van der Waals surface area (Å²) in [6, 6.07) is 14.1. The molecule has 0 fully saturated rings. The fourth-order valence-corrected chi connectivity index (χ4v) is 4.49. The first-order valence-electron chi connectivity index (χ1n) is 8.07. The van der Waals surface area contributed by atoms with E-state index in [1.165, 1.54) is 0 Å². The highest BCUT2D eigenvalue weighted by molar-refractivity contribution is 5.59. The van der Waals surface area contributed by atoms with Crippen molar-refractivity contribution >= 4 is 0 Å². The summed E-state index contributed by atoms with van der Waals surface area (Å²) in [5, 5.41) is 29.7. The Kier molecular flexibility index (Phi) is 3.55. The fourth-order valence-electron chi connectivity index (χ4n) is 4.49. The van der Waals surface area contributed by atoms with Gasteiger partial charge in [-0.2, -0.15) is 10.5 Å². The molecule has 1 heterocycles. The molecule has 0 spiro atoms. The molecule has 0 radical (unpaired) electrons. The number of hydrogen-bond donors (Lipinski definition) is 1. The third-order valence-corrected chi connectivity index (χ3v) is 5.11. The van der Waals surface area contributed by atoms with Crippen LogP contribution in [0.5, 0.6) is 0 Å². The molecule has 0 saturated carbocycles. The maximum atomic E-state index is 10.5. The number of hydrogen-bond acceptors (Lipinski definition) is 3. The fraction of sp³-hybridized carbons (Fsp3) is 0.400. The van der Waals surface area contributed by atoms with Crippen LogP contribution in [0.25, 0.3) is 5.69 Å². The van der Waals surface area contributed by atoms with Gasteiger partial charge in [-0.15, -0.1) is 0 Å². The molecule has 24 heavy (non-hydrogen) atoms. The lowest BCUT2D eigenvalue weighted by Crippen LogP contribution is -2.24. The Morgan fingerprint density at radius 1 is 1.12 bits per heavy atom. The van der Waals surface area contributed by atoms with Gasteiger partial charge in [-0.25, -0.2) is 0 Å². The van der Waals surface area contributed by atoms with Crippen LogP contribution >= 0.6 is 0 Å². The van der Waals surface area contributed by atoms with E-state index in [1.807, 2.05) is 54.8 Å². The molecule has 2 unspecified atom stereocenters. The summed E-state index contributed by atoms with van der Waals surface area (Å²) in [6.07, 6.45) is -0.586. The lowest BCUT2D eigenvalue weighted by molar-refractivity contribution is 0.226. The van der Waals surface area contributed by atoms with Crippen molar-refractivity contribution in [1.29, 1.82) is 10.5 Å². The van der Waals surface area contributed by atoms with E-state index in [1.54, 1.807) is 0 Å². The van der Waals surface area contributed by atoms with Crippen LogP contribution < -0.4 is 0 Å². The Bertz CT molecular complexity index is 880. The third-order valence-electron chi connectivity index (χ3n) is 5.11. The van der Waals surface area contributed by atoms with Gasteiger partial charge in [0.2, 0.25) is 0 Å². The molecular formula is C20H21N3O. The second-order valence-electron chi connectivity index (χ2n) is 7.43. The normalized spacial score (nSPS) is 22.5. The molecule has 1 aliphatic carbocycles. The van der Waals surface area contributed by atoms with E-state index in [0.29, 0.717) is 12.1 Å². The number of nitrogens with zero attached hydrogens (tertiary/aromatic N) is 3. The Balaban J connectivity index is 2.46. The van der Waals surface area contributed by atoms with E-state index in [9.17, 15) is 15.6 Å². The summed E-state index contributed by atoms with van der Waals surface area (Å²) in [7, 11) is 0. The van der Waals surface area contributed by atoms with Gasteiger partial charge in [0.25, 0.3) is 0 Å². The highest BCUT2D eigenvalue weighted by Gasteiger charge is 2.50. The number of fused-ring (bicyclic) bond motifs is 1. The van der Waals surface area contributed by atoms with Gasteiger partial charge < -0.3 is 9.67 Å². The van der Waals surface area contributed by atoms with Crippen molar-refractivity contribution in [3.63, 3.8) is 0 Å². The van der Waals surface area contributed by atoms with Gasteiger partial charge >= 0.3 is 0 Å². The first kappa shape index (κ1) is 16.3. The minimum absolute atomic E-state index is 0.187. The van der Waals surface area contributed by atoms with Crippen LogP contribution in [0.2, 0.25) is 0 Å². The molecule has 1 aliphatic rings. The summed E-state index contributed by atoms with van der Waals surface area (Å²) in [6.45, 7) is 8.16. The van der Waals surface area contributed by atoms with Crippen LogP contribution in [0, 0.1) is 29.6 Å². The van der Waals surface area contributed by atoms with Crippen LogP contribution in [0.3, 0.4) is 0 Å². The molecular weight excluding hydrogens is 298 g/mol. The molecule has 0 saturated heterocycles. The van der Waals surface area contributed by atoms with Gasteiger partial charge in [-0.1, -0.05) is 32.0 Å². The Morgan fingerprint density at radius 3 is 2.29 bits per heavy atom. The lowest BCUT2D eigenvalue weighted by Gasteiger charge is -2.25. The van der Waals surface area contributed by atoms with E-state index in [-0.39, 0.29) is 5.41 Å². The third kappa shape index (κ3) is 2.08. The molecule has 1 N–H and O–H groups in total. The number of rotatable bonds is 2. The van der Waals surface area contributed by atoms with Gasteiger partial charge in [-0.05, 0) is 43.4 Å². The number of aliphatic hydroxyl groups excluding tert-OH is 1. The van der Waals surface area contributed by atoms with Crippen molar-refractivity contribution < 1.29 is 5.11 Å². The zero-order valence-electron chi connectivity index (χ0n) is 14.5.